The van der Waals surface area contributed by atoms with E-state index in [-0.39, 0.29) is 16.2 Å². The number of thiophene rings is 1. The first-order valence-corrected chi connectivity index (χ1v) is 20.1. The Morgan fingerprint density at radius 3 is 1.94 bits per heavy atom. The molecule has 2 heteroatoms. The molecule has 250 valence electrons. The average molecular weight is 670 g/mol. The molecule has 0 unspecified atom stereocenters. The Morgan fingerprint density at radius 1 is 0.540 bits per heavy atom. The number of benzene rings is 5. The van der Waals surface area contributed by atoms with E-state index in [0.717, 1.165) is 23.7 Å². The van der Waals surface area contributed by atoms with Crippen LogP contribution in [0.4, 0.5) is 17.1 Å². The highest BCUT2D eigenvalue weighted by atomic mass is 32.1. The predicted molar refractivity (Wildman–Crippen MR) is 213 cm³/mol. The molecule has 4 saturated carbocycles. The van der Waals surface area contributed by atoms with Crippen molar-refractivity contribution in [1.29, 1.82) is 0 Å². The van der Waals surface area contributed by atoms with Gasteiger partial charge in [-0.2, -0.15) is 0 Å². The van der Waals surface area contributed by atoms with E-state index in [1.165, 1.54) is 104 Å². The molecule has 50 heavy (non-hydrogen) atoms. The van der Waals surface area contributed by atoms with E-state index < -0.39 is 0 Å². The summed E-state index contributed by atoms with van der Waals surface area (Å²) in [6.45, 7) is 9.93. The lowest BCUT2D eigenvalue weighted by atomic mass is 9.43. The Balaban J connectivity index is 1.25. The lowest BCUT2D eigenvalue weighted by Gasteiger charge is -2.61. The van der Waals surface area contributed by atoms with Crippen LogP contribution in [0.2, 0.25) is 0 Å². The molecule has 6 aliphatic rings. The van der Waals surface area contributed by atoms with Crippen LogP contribution in [0, 0.1) is 23.7 Å². The number of hydrogen-bond acceptors (Lipinski definition) is 2. The second-order valence-electron chi connectivity index (χ2n) is 18.0. The van der Waals surface area contributed by atoms with Crippen molar-refractivity contribution >= 4 is 48.6 Å². The molecule has 0 saturated heterocycles. The van der Waals surface area contributed by atoms with Crippen molar-refractivity contribution in [3.8, 4) is 11.1 Å². The van der Waals surface area contributed by atoms with Gasteiger partial charge in [0.25, 0.3) is 0 Å². The quantitative estimate of drug-likeness (QED) is 0.181. The highest BCUT2D eigenvalue weighted by Crippen LogP contribution is 2.70. The summed E-state index contributed by atoms with van der Waals surface area (Å²) in [7, 11) is 0. The van der Waals surface area contributed by atoms with Gasteiger partial charge in [0, 0.05) is 26.5 Å². The number of nitrogens with zero attached hydrogens (tertiary/aromatic N) is 1. The number of anilines is 3. The maximum absolute atomic E-state index is 2.74. The van der Waals surface area contributed by atoms with E-state index >= 15 is 0 Å². The third kappa shape index (κ3) is 3.79. The molecule has 6 aromatic rings. The highest BCUT2D eigenvalue weighted by molar-refractivity contribution is 7.26. The van der Waals surface area contributed by atoms with Gasteiger partial charge in [-0.1, -0.05) is 107 Å². The molecule has 0 amide bonds. The molecule has 1 heterocycles. The van der Waals surface area contributed by atoms with Gasteiger partial charge in [0.15, 0.2) is 0 Å². The lowest BCUT2D eigenvalue weighted by Crippen LogP contribution is -2.55. The molecule has 1 spiro atoms. The van der Waals surface area contributed by atoms with Crippen LogP contribution in [0.1, 0.15) is 94.9 Å². The van der Waals surface area contributed by atoms with Crippen LogP contribution in [-0.4, -0.2) is 0 Å². The smallest absolute Gasteiger partial charge is 0.0640 e. The van der Waals surface area contributed by atoms with Crippen molar-refractivity contribution in [1.82, 2.24) is 0 Å². The van der Waals surface area contributed by atoms with E-state index in [4.69, 9.17) is 0 Å². The molecule has 1 aromatic heterocycles. The van der Waals surface area contributed by atoms with Gasteiger partial charge in [-0.25, -0.2) is 0 Å². The van der Waals surface area contributed by atoms with Gasteiger partial charge in [0.2, 0.25) is 0 Å². The second-order valence-corrected chi connectivity index (χ2v) is 19.0. The third-order valence-corrected chi connectivity index (χ3v) is 15.7. The molecule has 0 aliphatic heterocycles. The molecule has 4 fully saturated rings. The van der Waals surface area contributed by atoms with Crippen LogP contribution in [0.5, 0.6) is 0 Å². The Labute approximate surface area is 301 Å². The molecule has 0 radical (unpaired) electrons. The van der Waals surface area contributed by atoms with E-state index in [9.17, 15) is 0 Å². The van der Waals surface area contributed by atoms with Gasteiger partial charge in [0.1, 0.15) is 0 Å². The second kappa shape index (κ2) is 10.1. The summed E-state index contributed by atoms with van der Waals surface area (Å²) in [6.07, 6.45) is 9.52. The van der Waals surface area contributed by atoms with Crippen molar-refractivity contribution in [3.05, 3.63) is 125 Å². The van der Waals surface area contributed by atoms with Gasteiger partial charge in [-0.05, 0) is 132 Å². The number of hydrogen-bond donors (Lipinski definition) is 0. The largest absolute Gasteiger partial charge is 0.308 e. The van der Waals surface area contributed by atoms with Gasteiger partial charge in [0.05, 0.1) is 21.8 Å². The topological polar surface area (TPSA) is 3.24 Å². The van der Waals surface area contributed by atoms with Crippen molar-refractivity contribution < 1.29 is 0 Å². The van der Waals surface area contributed by atoms with E-state index in [2.05, 4.69) is 136 Å². The summed E-state index contributed by atoms with van der Waals surface area (Å²) in [5.74, 6) is 3.37. The summed E-state index contributed by atoms with van der Waals surface area (Å²) in [5.41, 5.74) is 13.7. The molecule has 5 aromatic carbocycles. The zero-order valence-corrected chi connectivity index (χ0v) is 30.7. The molecule has 4 bridgehead atoms. The fourth-order valence-corrected chi connectivity index (χ4v) is 13.8. The maximum Gasteiger partial charge on any atom is 0.0640 e. The minimum atomic E-state index is 0.0618. The van der Waals surface area contributed by atoms with Crippen LogP contribution < -0.4 is 4.90 Å². The Bertz CT molecular complexity index is 2340. The van der Waals surface area contributed by atoms with Crippen LogP contribution in [-0.2, 0) is 16.2 Å². The summed E-state index contributed by atoms with van der Waals surface area (Å²) < 4.78 is 2.75. The highest BCUT2D eigenvalue weighted by Gasteiger charge is 2.62. The maximum atomic E-state index is 2.74. The van der Waals surface area contributed by atoms with E-state index in [1.54, 1.807) is 11.1 Å². The summed E-state index contributed by atoms with van der Waals surface area (Å²) in [5, 5.41) is 2.73. The first-order valence-electron chi connectivity index (χ1n) is 19.3. The molecule has 0 N–H and O–H groups in total. The first kappa shape index (κ1) is 29.8. The van der Waals surface area contributed by atoms with Crippen LogP contribution in [0.15, 0.2) is 103 Å². The molecule has 1 nitrogen and oxygen atoms in total. The van der Waals surface area contributed by atoms with Gasteiger partial charge < -0.3 is 4.90 Å². The Morgan fingerprint density at radius 2 is 1.14 bits per heavy atom. The standard InChI is InChI=1S/C48H47NS/c1-46(2)22-23-47(3,4)44-38(46)17-11-19-40(44)49(41-20-9-14-34-33-12-6-8-21-42(33)50-45(34)41)39-18-10-16-37-43(39)35-13-5-7-15-36(35)48(37)31-25-29-24-30(27-31)28-32(48)26-29/h5-21,29-32H,22-28H2,1-4H3. The van der Waals surface area contributed by atoms with Crippen molar-refractivity contribution in [2.75, 3.05) is 4.90 Å². The van der Waals surface area contributed by atoms with Gasteiger partial charge in [-0.3, -0.25) is 0 Å². The zero-order chi connectivity index (χ0) is 33.6. The SMILES string of the molecule is CC1(C)CCC(C)(C)c2c(N(c3cccc4c3-c3ccccc3C43C4CC5CC(C4)CC3C5)c3cccc4c3sc3ccccc34)cccc21. The molecule has 0 atom stereocenters. The van der Waals surface area contributed by atoms with Gasteiger partial charge in [-0.15, -0.1) is 11.3 Å². The zero-order valence-electron chi connectivity index (χ0n) is 29.9. The fourth-order valence-electron chi connectivity index (χ4n) is 12.6. The van der Waals surface area contributed by atoms with E-state index in [1.807, 2.05) is 11.3 Å². The third-order valence-electron chi connectivity index (χ3n) is 14.5. The van der Waals surface area contributed by atoms with E-state index in [0.29, 0.717) is 0 Å². The van der Waals surface area contributed by atoms with Gasteiger partial charge >= 0.3 is 0 Å². The van der Waals surface area contributed by atoms with Crippen molar-refractivity contribution in [2.24, 2.45) is 23.7 Å². The Kier molecular flexibility index (Phi) is 6.04. The van der Waals surface area contributed by atoms with Crippen molar-refractivity contribution in [2.45, 2.75) is 88.9 Å². The molecular weight excluding hydrogens is 623 g/mol. The minimum Gasteiger partial charge on any atom is -0.308 e. The Hall–Kier alpha value is -3.88. The van der Waals surface area contributed by atoms with Crippen LogP contribution in [0.25, 0.3) is 31.3 Å². The fraction of sp³-hybridized carbons (Fsp3) is 0.375. The summed E-state index contributed by atoms with van der Waals surface area (Å²) >= 11 is 1.96. The van der Waals surface area contributed by atoms with Crippen LogP contribution in [0.3, 0.4) is 0 Å². The van der Waals surface area contributed by atoms with Crippen LogP contribution >= 0.6 is 11.3 Å². The molecule has 6 aliphatic carbocycles. The first-order chi connectivity index (χ1) is 24.3. The summed E-state index contributed by atoms with van der Waals surface area (Å²) in [6, 6.07) is 40.4. The average Bonchev–Trinajstić information content (AvgIpc) is 3.64. The summed E-state index contributed by atoms with van der Waals surface area (Å²) in [4.78, 5) is 2.74. The van der Waals surface area contributed by atoms with Crippen molar-refractivity contribution in [3.63, 3.8) is 0 Å². The number of rotatable bonds is 3. The minimum absolute atomic E-state index is 0.0618. The predicted octanol–water partition coefficient (Wildman–Crippen LogP) is 13.6. The lowest BCUT2D eigenvalue weighted by molar-refractivity contribution is -0.0399. The number of fused-ring (bicyclic) bond motifs is 7. The normalized spacial score (nSPS) is 27.8. The molecule has 12 rings (SSSR count). The molecular formula is C48H47NS. The monoisotopic (exact) mass is 669 g/mol.